The van der Waals surface area contributed by atoms with Crippen LogP contribution in [0.5, 0.6) is 5.75 Å². The summed E-state index contributed by atoms with van der Waals surface area (Å²) in [6.45, 7) is 2.38. The first-order chi connectivity index (χ1) is 8.88. The molecule has 0 spiro atoms. The van der Waals surface area contributed by atoms with Gasteiger partial charge in [-0.15, -0.1) is 0 Å². The lowest BCUT2D eigenvalue weighted by molar-refractivity contribution is 0.0768. The van der Waals surface area contributed by atoms with Gasteiger partial charge in [0.2, 0.25) is 0 Å². The normalized spacial score (nSPS) is 19.9. The van der Waals surface area contributed by atoms with Crippen molar-refractivity contribution in [1.29, 1.82) is 0 Å². The van der Waals surface area contributed by atoms with Crippen molar-refractivity contribution in [3.8, 4) is 5.75 Å². The summed E-state index contributed by atoms with van der Waals surface area (Å²) in [7, 11) is 1.67. The summed E-state index contributed by atoms with van der Waals surface area (Å²) in [5.74, 6) is 0.812. The summed E-state index contributed by atoms with van der Waals surface area (Å²) in [5.41, 5.74) is 2.07. The molecule has 1 unspecified atom stereocenters. The number of fused-ring (bicyclic) bond motifs is 1. The molecule has 1 aromatic heterocycles. The average Bonchev–Trinajstić information content (AvgIpc) is 2.47. The topological polar surface area (TPSA) is 43.4 Å². The number of ether oxygens (including phenoxy) is 2. The highest BCUT2D eigenvalue weighted by Gasteiger charge is 2.16. The zero-order valence-corrected chi connectivity index (χ0v) is 10.3. The van der Waals surface area contributed by atoms with Gasteiger partial charge in [-0.1, -0.05) is 12.1 Å². The summed E-state index contributed by atoms with van der Waals surface area (Å²) in [4.78, 5) is 4.51. The molecule has 94 valence electrons. The van der Waals surface area contributed by atoms with Crippen molar-refractivity contribution in [3.63, 3.8) is 0 Å². The van der Waals surface area contributed by atoms with Crippen LogP contribution in [0.4, 0.5) is 0 Å². The number of benzene rings is 1. The molecule has 0 amide bonds. The summed E-state index contributed by atoms with van der Waals surface area (Å²) in [6.07, 6.45) is 1.90. The Morgan fingerprint density at radius 1 is 1.44 bits per heavy atom. The first-order valence-corrected chi connectivity index (χ1v) is 6.12. The van der Waals surface area contributed by atoms with E-state index in [1.165, 1.54) is 0 Å². The van der Waals surface area contributed by atoms with Crippen LogP contribution in [0.15, 0.2) is 30.5 Å². The second-order valence-electron chi connectivity index (χ2n) is 4.38. The van der Waals surface area contributed by atoms with Gasteiger partial charge in [-0.05, 0) is 17.7 Å². The van der Waals surface area contributed by atoms with Gasteiger partial charge in [0, 0.05) is 18.1 Å². The Morgan fingerprint density at radius 2 is 2.39 bits per heavy atom. The minimum Gasteiger partial charge on any atom is -0.494 e. The summed E-state index contributed by atoms with van der Waals surface area (Å²) in [6, 6.07) is 8.35. The van der Waals surface area contributed by atoms with Crippen LogP contribution in [-0.4, -0.2) is 31.9 Å². The van der Waals surface area contributed by atoms with Crippen molar-refractivity contribution < 1.29 is 9.47 Å². The van der Waals surface area contributed by atoms with Crippen molar-refractivity contribution in [2.75, 3.05) is 26.9 Å². The molecular weight excluding hydrogens is 228 g/mol. The molecule has 1 atom stereocenters. The van der Waals surface area contributed by atoms with Crippen LogP contribution in [0.1, 0.15) is 11.6 Å². The molecule has 1 aromatic carbocycles. The molecule has 18 heavy (non-hydrogen) atoms. The molecule has 4 nitrogen and oxygen atoms in total. The second-order valence-corrected chi connectivity index (χ2v) is 4.38. The molecule has 1 saturated heterocycles. The molecule has 1 aliphatic heterocycles. The first kappa shape index (κ1) is 11.4. The van der Waals surface area contributed by atoms with E-state index < -0.39 is 0 Å². The lowest BCUT2D eigenvalue weighted by Crippen LogP contribution is -2.34. The van der Waals surface area contributed by atoms with E-state index >= 15 is 0 Å². The van der Waals surface area contributed by atoms with E-state index in [1.807, 2.05) is 18.3 Å². The zero-order chi connectivity index (χ0) is 12.4. The van der Waals surface area contributed by atoms with E-state index in [9.17, 15) is 0 Å². The number of morpholine rings is 1. The smallest absolute Gasteiger partial charge is 0.145 e. The Labute approximate surface area is 106 Å². The maximum atomic E-state index is 5.48. The standard InChI is InChI=1S/C14H16N2O2/c1-17-13-4-2-3-10-7-11(8-16-14(10)13)12-9-18-6-5-15-12/h2-4,7-8,12,15H,5-6,9H2,1H3. The van der Waals surface area contributed by atoms with Gasteiger partial charge in [0.25, 0.3) is 0 Å². The van der Waals surface area contributed by atoms with E-state index in [2.05, 4.69) is 22.4 Å². The van der Waals surface area contributed by atoms with Crippen molar-refractivity contribution in [3.05, 3.63) is 36.0 Å². The van der Waals surface area contributed by atoms with Gasteiger partial charge in [-0.25, -0.2) is 0 Å². The molecule has 1 fully saturated rings. The quantitative estimate of drug-likeness (QED) is 0.876. The fourth-order valence-electron chi connectivity index (χ4n) is 2.28. The Bertz CT molecular complexity index is 550. The largest absolute Gasteiger partial charge is 0.494 e. The van der Waals surface area contributed by atoms with Crippen LogP contribution >= 0.6 is 0 Å². The molecule has 0 bridgehead atoms. The fraction of sp³-hybridized carbons (Fsp3) is 0.357. The van der Waals surface area contributed by atoms with Gasteiger partial charge in [-0.3, -0.25) is 4.98 Å². The molecule has 2 aromatic rings. The van der Waals surface area contributed by atoms with Crippen LogP contribution in [0.25, 0.3) is 10.9 Å². The summed E-state index contributed by atoms with van der Waals surface area (Å²) in [5, 5.41) is 4.53. The third-order valence-corrected chi connectivity index (χ3v) is 3.24. The predicted octanol–water partition coefficient (Wildman–Crippen LogP) is 1.90. The fourth-order valence-corrected chi connectivity index (χ4v) is 2.28. The predicted molar refractivity (Wildman–Crippen MR) is 69.9 cm³/mol. The van der Waals surface area contributed by atoms with E-state index in [1.54, 1.807) is 7.11 Å². The molecule has 4 heteroatoms. The average molecular weight is 244 g/mol. The molecule has 2 heterocycles. The lowest BCUT2D eigenvalue weighted by Gasteiger charge is -2.24. The van der Waals surface area contributed by atoms with Crippen LogP contribution in [0.3, 0.4) is 0 Å². The van der Waals surface area contributed by atoms with Crippen LogP contribution in [-0.2, 0) is 4.74 Å². The number of hydrogen-bond donors (Lipinski definition) is 1. The van der Waals surface area contributed by atoms with Crippen molar-refractivity contribution >= 4 is 10.9 Å². The third-order valence-electron chi connectivity index (χ3n) is 3.24. The van der Waals surface area contributed by atoms with Gasteiger partial charge >= 0.3 is 0 Å². The van der Waals surface area contributed by atoms with Gasteiger partial charge in [0.1, 0.15) is 11.3 Å². The monoisotopic (exact) mass is 244 g/mol. The Hall–Kier alpha value is -1.65. The summed E-state index contributed by atoms with van der Waals surface area (Å²) < 4.78 is 10.8. The number of hydrogen-bond acceptors (Lipinski definition) is 4. The van der Waals surface area contributed by atoms with Gasteiger partial charge < -0.3 is 14.8 Å². The van der Waals surface area contributed by atoms with Crippen LogP contribution in [0, 0.1) is 0 Å². The van der Waals surface area contributed by atoms with Gasteiger partial charge in [-0.2, -0.15) is 0 Å². The molecule has 3 rings (SSSR count). The number of nitrogens with one attached hydrogen (secondary N) is 1. The summed E-state index contributed by atoms with van der Waals surface area (Å²) >= 11 is 0. The third kappa shape index (κ3) is 2.05. The Morgan fingerprint density at radius 3 is 3.17 bits per heavy atom. The number of aromatic nitrogens is 1. The highest BCUT2D eigenvalue weighted by Crippen LogP contribution is 2.26. The highest BCUT2D eigenvalue weighted by atomic mass is 16.5. The van der Waals surface area contributed by atoms with Crippen LogP contribution < -0.4 is 10.1 Å². The Kier molecular flexibility index (Phi) is 3.13. The number of para-hydroxylation sites is 1. The number of methoxy groups -OCH3 is 1. The van der Waals surface area contributed by atoms with E-state index in [-0.39, 0.29) is 6.04 Å². The molecule has 1 N–H and O–H groups in total. The first-order valence-electron chi connectivity index (χ1n) is 6.12. The molecule has 0 saturated carbocycles. The van der Waals surface area contributed by atoms with Gasteiger partial charge in [0.15, 0.2) is 0 Å². The van der Waals surface area contributed by atoms with Crippen LogP contribution in [0.2, 0.25) is 0 Å². The highest BCUT2D eigenvalue weighted by molar-refractivity contribution is 5.84. The minimum absolute atomic E-state index is 0.238. The molecule has 0 aliphatic carbocycles. The maximum absolute atomic E-state index is 5.48. The number of nitrogens with zero attached hydrogens (tertiary/aromatic N) is 1. The molecular formula is C14H16N2O2. The lowest BCUT2D eigenvalue weighted by atomic mass is 10.1. The molecule has 0 radical (unpaired) electrons. The number of rotatable bonds is 2. The van der Waals surface area contributed by atoms with E-state index in [0.29, 0.717) is 6.61 Å². The van der Waals surface area contributed by atoms with Crippen molar-refractivity contribution in [2.24, 2.45) is 0 Å². The second kappa shape index (κ2) is 4.92. The number of pyridine rings is 1. The van der Waals surface area contributed by atoms with Gasteiger partial charge in [0.05, 0.1) is 26.4 Å². The van der Waals surface area contributed by atoms with Crippen molar-refractivity contribution in [2.45, 2.75) is 6.04 Å². The molecule has 1 aliphatic rings. The van der Waals surface area contributed by atoms with E-state index in [0.717, 1.165) is 35.4 Å². The minimum atomic E-state index is 0.238. The van der Waals surface area contributed by atoms with Crippen molar-refractivity contribution in [1.82, 2.24) is 10.3 Å². The SMILES string of the molecule is COc1cccc2cc(C3COCCN3)cnc12. The van der Waals surface area contributed by atoms with E-state index in [4.69, 9.17) is 9.47 Å². The Balaban J connectivity index is 2.00. The maximum Gasteiger partial charge on any atom is 0.145 e. The zero-order valence-electron chi connectivity index (χ0n) is 10.3.